The minimum absolute atomic E-state index is 0. The smallest absolute Gasteiger partial charge is 0.242 e. The number of hydrogen-bond acceptors (Lipinski definition) is 4. The Balaban J connectivity index is 0.00000288. The third kappa shape index (κ3) is 7.69. The highest BCUT2D eigenvalue weighted by molar-refractivity contribution is 6.30. The lowest BCUT2D eigenvalue weighted by atomic mass is 10.2. The molecular weight excluding hydrogens is 387 g/mol. The number of anilines is 1. The van der Waals surface area contributed by atoms with E-state index >= 15 is 0 Å². The molecule has 0 aromatic heterocycles. The van der Waals surface area contributed by atoms with Crippen molar-refractivity contribution < 1.29 is 9.59 Å². The summed E-state index contributed by atoms with van der Waals surface area (Å²) in [6.45, 7) is 4.56. The molecule has 0 aliphatic carbocycles. The van der Waals surface area contributed by atoms with E-state index in [1.807, 2.05) is 24.3 Å². The predicted molar refractivity (Wildman–Crippen MR) is 106 cm³/mol. The molecule has 3 N–H and O–H groups in total. The Kier molecular flexibility index (Phi) is 10.9. The van der Waals surface area contributed by atoms with Crippen molar-refractivity contribution in [2.45, 2.75) is 19.4 Å². The predicted octanol–water partition coefficient (Wildman–Crippen LogP) is 1.69. The van der Waals surface area contributed by atoms with Crippen molar-refractivity contribution in [2.24, 2.45) is 5.73 Å². The van der Waals surface area contributed by atoms with Crippen molar-refractivity contribution in [2.75, 3.05) is 37.6 Å². The maximum atomic E-state index is 12.1. The number of amides is 2. The number of hydrogen-bond donors (Lipinski definition) is 2. The van der Waals surface area contributed by atoms with Gasteiger partial charge in [-0.2, -0.15) is 0 Å². The van der Waals surface area contributed by atoms with Crippen LogP contribution < -0.4 is 16.0 Å². The van der Waals surface area contributed by atoms with Gasteiger partial charge < -0.3 is 20.9 Å². The Morgan fingerprint density at radius 3 is 2.44 bits per heavy atom. The third-order valence-corrected chi connectivity index (χ3v) is 3.98. The zero-order valence-electron chi connectivity index (χ0n) is 14.1. The monoisotopic (exact) mass is 410 g/mol. The zero-order chi connectivity index (χ0) is 16.8. The van der Waals surface area contributed by atoms with E-state index in [1.165, 1.54) is 0 Å². The highest BCUT2D eigenvalue weighted by Crippen LogP contribution is 2.20. The van der Waals surface area contributed by atoms with Gasteiger partial charge in [-0.25, -0.2) is 0 Å². The molecule has 25 heavy (non-hydrogen) atoms. The third-order valence-electron chi connectivity index (χ3n) is 3.75. The van der Waals surface area contributed by atoms with Gasteiger partial charge in [0.1, 0.15) is 0 Å². The Labute approximate surface area is 165 Å². The number of carbonyl (C=O) groups is 2. The van der Waals surface area contributed by atoms with E-state index in [2.05, 4.69) is 10.2 Å². The van der Waals surface area contributed by atoms with E-state index in [9.17, 15) is 9.59 Å². The van der Waals surface area contributed by atoms with Crippen LogP contribution in [0, 0.1) is 0 Å². The first-order valence-corrected chi connectivity index (χ1v) is 8.14. The topological polar surface area (TPSA) is 78.7 Å². The van der Waals surface area contributed by atoms with Crippen molar-refractivity contribution in [1.29, 1.82) is 0 Å². The molecule has 6 nitrogen and oxygen atoms in total. The van der Waals surface area contributed by atoms with Gasteiger partial charge in [0.2, 0.25) is 11.8 Å². The first-order chi connectivity index (χ1) is 11.0. The van der Waals surface area contributed by atoms with E-state index in [-0.39, 0.29) is 55.6 Å². The number of piperazine rings is 1. The molecule has 2 amide bonds. The summed E-state index contributed by atoms with van der Waals surface area (Å²) in [4.78, 5) is 27.6. The van der Waals surface area contributed by atoms with Crippen LogP contribution in [0.5, 0.6) is 0 Å². The molecule has 1 aliphatic rings. The van der Waals surface area contributed by atoms with Gasteiger partial charge in [0, 0.05) is 49.4 Å². The largest absolute Gasteiger partial charge is 0.368 e. The number of nitrogens with two attached hydrogens (primary N) is 1. The highest BCUT2D eigenvalue weighted by atomic mass is 35.5. The van der Waals surface area contributed by atoms with E-state index in [4.69, 9.17) is 17.3 Å². The summed E-state index contributed by atoms with van der Waals surface area (Å²) >= 11 is 6.01. The summed E-state index contributed by atoms with van der Waals surface area (Å²) in [5.41, 5.74) is 6.62. The van der Waals surface area contributed by atoms with Gasteiger partial charge in [0.25, 0.3) is 0 Å². The van der Waals surface area contributed by atoms with Gasteiger partial charge in [0.15, 0.2) is 0 Å². The molecule has 0 saturated carbocycles. The van der Waals surface area contributed by atoms with Gasteiger partial charge in [-0.15, -0.1) is 24.8 Å². The SMILES string of the molecule is CC(N)CC(=O)NCC(=O)N1CCN(c2cccc(Cl)c2)CC1.Cl.Cl. The molecule has 0 spiro atoms. The molecule has 1 heterocycles. The second-order valence-corrected chi connectivity index (χ2v) is 6.24. The lowest BCUT2D eigenvalue weighted by Gasteiger charge is -2.36. The lowest BCUT2D eigenvalue weighted by molar-refractivity contribution is -0.133. The van der Waals surface area contributed by atoms with Crippen molar-refractivity contribution >= 4 is 53.9 Å². The van der Waals surface area contributed by atoms with E-state index in [1.54, 1.807) is 11.8 Å². The quantitative estimate of drug-likeness (QED) is 0.773. The second-order valence-electron chi connectivity index (χ2n) is 5.81. The Hall–Kier alpha value is -1.21. The zero-order valence-corrected chi connectivity index (χ0v) is 16.5. The van der Waals surface area contributed by atoms with Gasteiger partial charge in [-0.05, 0) is 25.1 Å². The molecule has 1 fully saturated rings. The van der Waals surface area contributed by atoms with E-state index in [0.717, 1.165) is 18.8 Å². The summed E-state index contributed by atoms with van der Waals surface area (Å²) in [6.07, 6.45) is 0.232. The van der Waals surface area contributed by atoms with Gasteiger partial charge >= 0.3 is 0 Å². The van der Waals surface area contributed by atoms with Crippen LogP contribution in [0.1, 0.15) is 13.3 Å². The lowest BCUT2D eigenvalue weighted by Crippen LogP contribution is -2.51. The van der Waals surface area contributed by atoms with Crippen LogP contribution in [0.3, 0.4) is 0 Å². The average Bonchev–Trinajstić information content (AvgIpc) is 2.52. The first-order valence-electron chi connectivity index (χ1n) is 7.76. The Bertz CT molecular complexity index is 564. The first kappa shape index (κ1) is 23.8. The number of rotatable bonds is 5. The fourth-order valence-corrected chi connectivity index (χ4v) is 2.72. The van der Waals surface area contributed by atoms with Crippen molar-refractivity contribution in [3.8, 4) is 0 Å². The number of carbonyl (C=O) groups excluding carboxylic acids is 2. The van der Waals surface area contributed by atoms with Crippen LogP contribution in [0.15, 0.2) is 24.3 Å². The summed E-state index contributed by atoms with van der Waals surface area (Å²) < 4.78 is 0. The van der Waals surface area contributed by atoms with Gasteiger partial charge in [0.05, 0.1) is 6.54 Å². The maximum Gasteiger partial charge on any atom is 0.242 e. The Morgan fingerprint density at radius 1 is 1.24 bits per heavy atom. The van der Waals surface area contributed by atoms with Gasteiger partial charge in [-0.1, -0.05) is 17.7 Å². The minimum Gasteiger partial charge on any atom is -0.368 e. The minimum atomic E-state index is -0.202. The highest BCUT2D eigenvalue weighted by Gasteiger charge is 2.21. The molecule has 142 valence electrons. The fraction of sp³-hybridized carbons (Fsp3) is 0.500. The number of benzene rings is 1. The van der Waals surface area contributed by atoms with E-state index < -0.39 is 0 Å². The van der Waals surface area contributed by atoms with Crippen LogP contribution in [-0.2, 0) is 9.59 Å². The number of nitrogens with zero attached hydrogens (tertiary/aromatic N) is 2. The van der Waals surface area contributed by atoms with Crippen LogP contribution >= 0.6 is 36.4 Å². The Morgan fingerprint density at radius 2 is 1.88 bits per heavy atom. The number of nitrogens with one attached hydrogen (secondary N) is 1. The van der Waals surface area contributed by atoms with Crippen molar-refractivity contribution in [1.82, 2.24) is 10.2 Å². The summed E-state index contributed by atoms with van der Waals surface area (Å²) in [5.74, 6) is -0.250. The molecule has 1 aromatic rings. The average molecular weight is 412 g/mol. The standard InChI is InChI=1S/C16H23ClN4O2.2ClH/c1-12(18)9-15(22)19-11-16(23)21-7-5-20(6-8-21)14-4-2-3-13(17)10-14;;/h2-4,10,12H,5-9,11,18H2,1H3,(H,19,22);2*1H. The van der Waals surface area contributed by atoms with Crippen molar-refractivity contribution in [3.05, 3.63) is 29.3 Å². The van der Waals surface area contributed by atoms with Crippen molar-refractivity contribution in [3.63, 3.8) is 0 Å². The van der Waals surface area contributed by atoms with Crippen LogP contribution in [-0.4, -0.2) is 55.5 Å². The maximum absolute atomic E-state index is 12.1. The molecule has 9 heteroatoms. The molecule has 1 atom stereocenters. The molecule has 1 aliphatic heterocycles. The summed E-state index contributed by atoms with van der Waals surface area (Å²) in [5, 5.41) is 3.33. The molecular formula is C16H25Cl3N4O2. The van der Waals surface area contributed by atoms with Crippen LogP contribution in [0.2, 0.25) is 5.02 Å². The van der Waals surface area contributed by atoms with Gasteiger partial charge in [-0.3, -0.25) is 9.59 Å². The molecule has 1 unspecified atom stereocenters. The number of halogens is 3. The molecule has 1 saturated heterocycles. The summed E-state index contributed by atoms with van der Waals surface area (Å²) in [7, 11) is 0. The summed E-state index contributed by atoms with van der Waals surface area (Å²) in [6, 6.07) is 7.50. The normalized spacial score (nSPS) is 14.8. The molecule has 2 rings (SSSR count). The van der Waals surface area contributed by atoms with Crippen LogP contribution in [0.25, 0.3) is 0 Å². The second kappa shape index (κ2) is 11.4. The fourth-order valence-electron chi connectivity index (χ4n) is 2.54. The molecule has 0 bridgehead atoms. The van der Waals surface area contributed by atoms with Crippen LogP contribution in [0.4, 0.5) is 5.69 Å². The van der Waals surface area contributed by atoms with E-state index in [0.29, 0.717) is 18.1 Å². The molecule has 0 radical (unpaired) electrons. The molecule has 1 aromatic carbocycles.